The van der Waals surface area contributed by atoms with Crippen LogP contribution in [-0.2, 0) is 29.5 Å². The van der Waals surface area contributed by atoms with Crippen molar-refractivity contribution in [3.05, 3.63) is 90.5 Å². The molecule has 3 aromatic carbocycles. The number of amides is 3. The summed E-state index contributed by atoms with van der Waals surface area (Å²) in [5.41, 5.74) is 3.78. The van der Waals surface area contributed by atoms with E-state index >= 15 is 0 Å². The third kappa shape index (κ3) is 3.93. The molecule has 2 N–H and O–H groups in total. The standard InChI is InChI=1S/C30H31N3O5/c1-5-29(38-21(4)34)27(36)32(23-16-10-7-11-17-23)24-18-12-13-19-25(24)33(28(29)37)30(20(2)3,26(31)35)22-14-8-6-9-15-22/h6-20H,5H2,1-4H3,(H2,31,35). The van der Waals surface area contributed by atoms with Crippen LogP contribution in [0.3, 0.4) is 0 Å². The molecule has 0 aromatic heterocycles. The van der Waals surface area contributed by atoms with Gasteiger partial charge in [0, 0.05) is 19.0 Å². The lowest BCUT2D eigenvalue weighted by atomic mass is 9.76. The predicted octanol–water partition coefficient (Wildman–Crippen LogP) is 4.45. The molecule has 0 fully saturated rings. The molecule has 2 atom stereocenters. The molecule has 8 nitrogen and oxygen atoms in total. The first kappa shape index (κ1) is 26.6. The van der Waals surface area contributed by atoms with E-state index in [0.29, 0.717) is 16.9 Å². The summed E-state index contributed by atoms with van der Waals surface area (Å²) in [4.78, 5) is 57.9. The first-order valence-electron chi connectivity index (χ1n) is 12.5. The Kier molecular flexibility index (Phi) is 7.09. The number of nitrogens with two attached hydrogens (primary N) is 1. The second-order valence-corrected chi connectivity index (χ2v) is 9.53. The topological polar surface area (TPSA) is 110 Å². The lowest BCUT2D eigenvalue weighted by Crippen LogP contribution is -2.67. The molecule has 0 saturated heterocycles. The molecule has 196 valence electrons. The van der Waals surface area contributed by atoms with E-state index in [1.54, 1.807) is 106 Å². The van der Waals surface area contributed by atoms with Crippen molar-refractivity contribution in [3.63, 3.8) is 0 Å². The number of benzene rings is 3. The zero-order valence-corrected chi connectivity index (χ0v) is 21.9. The van der Waals surface area contributed by atoms with Crippen molar-refractivity contribution in [2.24, 2.45) is 11.7 Å². The normalized spacial score (nSPS) is 19.0. The molecule has 3 aromatic rings. The third-order valence-corrected chi connectivity index (χ3v) is 7.07. The van der Waals surface area contributed by atoms with Crippen molar-refractivity contribution in [1.82, 2.24) is 0 Å². The van der Waals surface area contributed by atoms with Crippen LogP contribution in [0.15, 0.2) is 84.9 Å². The fourth-order valence-corrected chi connectivity index (χ4v) is 5.35. The smallest absolute Gasteiger partial charge is 0.304 e. The summed E-state index contributed by atoms with van der Waals surface area (Å²) >= 11 is 0. The first-order valence-corrected chi connectivity index (χ1v) is 12.5. The predicted molar refractivity (Wildman–Crippen MR) is 144 cm³/mol. The summed E-state index contributed by atoms with van der Waals surface area (Å²) in [7, 11) is 0. The van der Waals surface area contributed by atoms with Crippen LogP contribution in [0, 0.1) is 5.92 Å². The molecular formula is C30H31N3O5. The summed E-state index contributed by atoms with van der Waals surface area (Å²) in [6, 6.07) is 24.3. The van der Waals surface area contributed by atoms with Crippen molar-refractivity contribution < 1.29 is 23.9 Å². The van der Waals surface area contributed by atoms with Crippen molar-refractivity contribution in [3.8, 4) is 0 Å². The highest BCUT2D eigenvalue weighted by Gasteiger charge is 2.62. The van der Waals surface area contributed by atoms with Gasteiger partial charge in [-0.2, -0.15) is 0 Å². The Labute approximate surface area is 222 Å². The zero-order valence-electron chi connectivity index (χ0n) is 21.9. The number of rotatable bonds is 7. The van der Waals surface area contributed by atoms with Gasteiger partial charge in [-0.25, -0.2) is 0 Å². The monoisotopic (exact) mass is 513 g/mol. The number of carbonyl (C=O) groups is 4. The largest absolute Gasteiger partial charge is 0.439 e. The minimum atomic E-state index is -2.26. The quantitative estimate of drug-likeness (QED) is 0.371. The van der Waals surface area contributed by atoms with Gasteiger partial charge in [-0.1, -0.05) is 81.4 Å². The number of hydrogen-bond acceptors (Lipinski definition) is 5. The highest BCUT2D eigenvalue weighted by atomic mass is 16.6. The number of carbonyl (C=O) groups excluding carboxylic acids is 4. The van der Waals surface area contributed by atoms with E-state index in [9.17, 15) is 19.2 Å². The number of primary amides is 1. The SMILES string of the molecule is CCC1(OC(C)=O)C(=O)N(c2ccccc2)c2ccccc2N(C(C(N)=O)(c2ccccc2)C(C)C)C1=O. The number of nitrogens with zero attached hydrogens (tertiary/aromatic N) is 2. The number of para-hydroxylation sites is 3. The van der Waals surface area contributed by atoms with Crippen molar-refractivity contribution >= 4 is 40.8 Å². The molecule has 0 radical (unpaired) electrons. The van der Waals surface area contributed by atoms with Crippen LogP contribution < -0.4 is 15.5 Å². The summed E-state index contributed by atoms with van der Waals surface area (Å²) in [6.07, 6.45) is -0.167. The van der Waals surface area contributed by atoms with Crippen LogP contribution in [0.4, 0.5) is 17.1 Å². The van der Waals surface area contributed by atoms with Gasteiger partial charge in [0.25, 0.3) is 17.4 Å². The van der Waals surface area contributed by atoms with E-state index < -0.39 is 40.7 Å². The molecular weight excluding hydrogens is 482 g/mol. The minimum absolute atomic E-state index is 0.167. The molecule has 1 heterocycles. The van der Waals surface area contributed by atoms with Gasteiger partial charge < -0.3 is 10.5 Å². The Hall–Kier alpha value is -4.46. The maximum absolute atomic E-state index is 14.8. The number of fused-ring (bicyclic) bond motifs is 1. The maximum atomic E-state index is 14.8. The molecule has 0 bridgehead atoms. The lowest BCUT2D eigenvalue weighted by Gasteiger charge is -2.46. The lowest BCUT2D eigenvalue weighted by molar-refractivity contribution is -0.172. The zero-order chi connectivity index (χ0) is 27.7. The fourth-order valence-electron chi connectivity index (χ4n) is 5.35. The van der Waals surface area contributed by atoms with E-state index in [1.807, 2.05) is 0 Å². The van der Waals surface area contributed by atoms with E-state index in [2.05, 4.69) is 0 Å². The van der Waals surface area contributed by atoms with Gasteiger partial charge in [-0.3, -0.25) is 29.0 Å². The van der Waals surface area contributed by atoms with Gasteiger partial charge in [-0.05, 0) is 35.7 Å². The molecule has 1 aliphatic rings. The molecule has 0 saturated carbocycles. The van der Waals surface area contributed by atoms with Crippen molar-refractivity contribution in [2.45, 2.75) is 45.3 Å². The molecule has 8 heteroatoms. The highest BCUT2D eigenvalue weighted by Crippen LogP contribution is 2.49. The van der Waals surface area contributed by atoms with Gasteiger partial charge in [0.2, 0.25) is 5.91 Å². The summed E-state index contributed by atoms with van der Waals surface area (Å²) in [5, 5.41) is 0. The average molecular weight is 514 g/mol. The highest BCUT2D eigenvalue weighted by molar-refractivity contribution is 6.27. The molecule has 38 heavy (non-hydrogen) atoms. The molecule has 2 unspecified atom stereocenters. The summed E-state index contributed by atoms with van der Waals surface area (Å²) in [5.74, 6) is -3.71. The number of ether oxygens (including phenoxy) is 1. The van der Waals surface area contributed by atoms with Gasteiger partial charge >= 0.3 is 5.97 Å². The third-order valence-electron chi connectivity index (χ3n) is 7.07. The van der Waals surface area contributed by atoms with Crippen LogP contribution >= 0.6 is 0 Å². The van der Waals surface area contributed by atoms with Crippen molar-refractivity contribution in [2.75, 3.05) is 9.80 Å². The van der Waals surface area contributed by atoms with Gasteiger partial charge in [0.05, 0.1) is 11.4 Å². The van der Waals surface area contributed by atoms with Crippen molar-refractivity contribution in [1.29, 1.82) is 0 Å². The van der Waals surface area contributed by atoms with E-state index in [0.717, 1.165) is 6.92 Å². The van der Waals surface area contributed by atoms with E-state index in [-0.39, 0.29) is 12.1 Å². The van der Waals surface area contributed by atoms with Crippen LogP contribution in [-0.4, -0.2) is 29.3 Å². The molecule has 0 spiro atoms. The Morgan fingerprint density at radius 2 is 1.39 bits per heavy atom. The molecule has 4 rings (SSSR count). The number of anilines is 3. The van der Waals surface area contributed by atoms with Crippen LogP contribution in [0.1, 0.15) is 39.7 Å². The van der Waals surface area contributed by atoms with Crippen LogP contribution in [0.5, 0.6) is 0 Å². The fraction of sp³-hybridized carbons (Fsp3) is 0.267. The number of hydrogen-bond donors (Lipinski definition) is 1. The number of esters is 1. The Bertz CT molecular complexity index is 1370. The molecule has 0 aliphatic carbocycles. The Morgan fingerprint density at radius 1 is 0.868 bits per heavy atom. The van der Waals surface area contributed by atoms with Crippen LogP contribution in [0.2, 0.25) is 0 Å². The Balaban J connectivity index is 2.18. The van der Waals surface area contributed by atoms with Gasteiger partial charge in [-0.15, -0.1) is 0 Å². The van der Waals surface area contributed by atoms with Gasteiger partial charge in [0.15, 0.2) is 5.54 Å². The average Bonchev–Trinajstić information content (AvgIpc) is 2.97. The Morgan fingerprint density at radius 3 is 1.89 bits per heavy atom. The maximum Gasteiger partial charge on any atom is 0.304 e. The summed E-state index contributed by atoms with van der Waals surface area (Å²) in [6.45, 7) is 6.32. The first-order chi connectivity index (χ1) is 18.1. The second-order valence-electron chi connectivity index (χ2n) is 9.53. The second kappa shape index (κ2) is 10.1. The molecule has 3 amide bonds. The minimum Gasteiger partial charge on any atom is -0.439 e. The van der Waals surface area contributed by atoms with E-state index in [4.69, 9.17) is 10.5 Å². The van der Waals surface area contributed by atoms with Crippen LogP contribution in [0.25, 0.3) is 0 Å². The summed E-state index contributed by atoms with van der Waals surface area (Å²) < 4.78 is 5.66. The van der Waals surface area contributed by atoms with Gasteiger partial charge in [0.1, 0.15) is 0 Å². The van der Waals surface area contributed by atoms with E-state index in [1.165, 1.54) is 9.80 Å². The molecule has 1 aliphatic heterocycles.